The van der Waals surface area contributed by atoms with Gasteiger partial charge < -0.3 is 10.2 Å². The third kappa shape index (κ3) is 2.88. The van der Waals surface area contributed by atoms with Crippen molar-refractivity contribution >= 4 is 40.7 Å². The zero-order chi connectivity index (χ0) is 13.1. The molecule has 0 atom stereocenters. The van der Waals surface area contributed by atoms with Crippen molar-refractivity contribution in [2.24, 2.45) is 0 Å². The highest BCUT2D eigenvalue weighted by Gasteiger charge is 2.23. The van der Waals surface area contributed by atoms with Gasteiger partial charge in [-0.2, -0.15) is 0 Å². The van der Waals surface area contributed by atoms with Crippen molar-refractivity contribution in [3.05, 3.63) is 16.6 Å². The highest BCUT2D eigenvalue weighted by molar-refractivity contribution is 6.38. The van der Waals surface area contributed by atoms with Crippen LogP contribution in [-0.2, 0) is 9.59 Å². The first-order chi connectivity index (χ1) is 8.58. The Kier molecular flexibility index (Phi) is 3.98. The molecular formula is C10H10Cl2N4O2. The number of anilines is 1. The minimum atomic E-state index is -0.371. The maximum Gasteiger partial charge on any atom is 0.244 e. The fourth-order valence-electron chi connectivity index (χ4n) is 1.67. The summed E-state index contributed by atoms with van der Waals surface area (Å²) in [6.07, 6.45) is 2.47. The first-order valence-corrected chi connectivity index (χ1v) is 6.07. The number of carbonyl (C=O) groups excluding carboxylic acids is 2. The van der Waals surface area contributed by atoms with E-state index in [-0.39, 0.29) is 34.4 Å². The van der Waals surface area contributed by atoms with Gasteiger partial charge >= 0.3 is 0 Å². The van der Waals surface area contributed by atoms with Gasteiger partial charge in [-0.1, -0.05) is 23.2 Å². The van der Waals surface area contributed by atoms with Crippen LogP contribution in [0.2, 0.25) is 10.3 Å². The SMILES string of the molecule is O=C(CN1CCCC1=O)Nc1c(Cl)ncnc1Cl. The van der Waals surface area contributed by atoms with Crippen molar-refractivity contribution in [1.29, 1.82) is 0 Å². The van der Waals surface area contributed by atoms with E-state index < -0.39 is 0 Å². The summed E-state index contributed by atoms with van der Waals surface area (Å²) in [5.41, 5.74) is 0.164. The predicted octanol–water partition coefficient (Wildman–Crippen LogP) is 1.34. The molecule has 0 radical (unpaired) electrons. The van der Waals surface area contributed by atoms with Gasteiger partial charge in [0.1, 0.15) is 12.0 Å². The summed E-state index contributed by atoms with van der Waals surface area (Å²) in [4.78, 5) is 32.0. The molecule has 8 heteroatoms. The van der Waals surface area contributed by atoms with Crippen LogP contribution in [0.4, 0.5) is 5.69 Å². The number of rotatable bonds is 3. The van der Waals surface area contributed by atoms with Crippen molar-refractivity contribution in [3.8, 4) is 0 Å². The number of likely N-dealkylation sites (tertiary alicyclic amines) is 1. The molecule has 1 aromatic rings. The largest absolute Gasteiger partial charge is 0.333 e. The summed E-state index contributed by atoms with van der Waals surface area (Å²) in [5.74, 6) is -0.393. The van der Waals surface area contributed by atoms with Crippen LogP contribution in [0.15, 0.2) is 6.33 Å². The molecule has 1 aliphatic heterocycles. The first-order valence-electron chi connectivity index (χ1n) is 5.31. The van der Waals surface area contributed by atoms with Gasteiger partial charge in [0.25, 0.3) is 0 Å². The van der Waals surface area contributed by atoms with Crippen molar-refractivity contribution in [1.82, 2.24) is 14.9 Å². The second-order valence-electron chi connectivity index (χ2n) is 3.80. The van der Waals surface area contributed by atoms with Crippen molar-refractivity contribution in [2.75, 3.05) is 18.4 Å². The number of aromatic nitrogens is 2. The second kappa shape index (κ2) is 5.49. The Balaban J connectivity index is 2.01. The minimum Gasteiger partial charge on any atom is -0.333 e. The van der Waals surface area contributed by atoms with Gasteiger partial charge in [0.05, 0.1) is 6.54 Å². The number of hydrogen-bond acceptors (Lipinski definition) is 4. The Bertz CT molecular complexity index is 475. The lowest BCUT2D eigenvalue weighted by Gasteiger charge is -2.15. The van der Waals surface area contributed by atoms with Crippen LogP contribution in [0, 0.1) is 0 Å². The molecule has 1 N–H and O–H groups in total. The number of hydrogen-bond donors (Lipinski definition) is 1. The Hall–Kier alpha value is -1.40. The summed E-state index contributed by atoms with van der Waals surface area (Å²) in [6, 6.07) is 0. The third-order valence-corrected chi connectivity index (χ3v) is 3.10. The molecular weight excluding hydrogens is 279 g/mol. The van der Waals surface area contributed by atoms with Gasteiger partial charge in [-0.05, 0) is 6.42 Å². The topological polar surface area (TPSA) is 75.2 Å². The summed E-state index contributed by atoms with van der Waals surface area (Å²) >= 11 is 11.6. The molecule has 0 unspecified atom stereocenters. The second-order valence-corrected chi connectivity index (χ2v) is 4.51. The molecule has 1 aromatic heterocycles. The zero-order valence-corrected chi connectivity index (χ0v) is 10.8. The van der Waals surface area contributed by atoms with Gasteiger partial charge in [-0.15, -0.1) is 0 Å². The van der Waals surface area contributed by atoms with Gasteiger partial charge in [-0.25, -0.2) is 9.97 Å². The lowest BCUT2D eigenvalue weighted by molar-refractivity contribution is -0.131. The van der Waals surface area contributed by atoms with E-state index in [0.29, 0.717) is 13.0 Å². The van der Waals surface area contributed by atoms with Gasteiger partial charge in [-0.3, -0.25) is 9.59 Å². The molecule has 0 aromatic carbocycles. The molecule has 0 saturated carbocycles. The molecule has 0 aliphatic carbocycles. The van der Waals surface area contributed by atoms with E-state index in [0.717, 1.165) is 6.42 Å². The maximum atomic E-state index is 11.7. The number of halogens is 2. The van der Waals surface area contributed by atoms with Gasteiger partial charge in [0.2, 0.25) is 11.8 Å². The van der Waals surface area contributed by atoms with Crippen LogP contribution in [0.1, 0.15) is 12.8 Å². The van der Waals surface area contributed by atoms with E-state index in [4.69, 9.17) is 23.2 Å². The normalized spacial score (nSPS) is 15.0. The molecule has 1 saturated heterocycles. The van der Waals surface area contributed by atoms with Crippen molar-refractivity contribution in [2.45, 2.75) is 12.8 Å². The van der Waals surface area contributed by atoms with Crippen LogP contribution in [0.5, 0.6) is 0 Å². The lowest BCUT2D eigenvalue weighted by Crippen LogP contribution is -2.34. The van der Waals surface area contributed by atoms with Crippen molar-refractivity contribution < 1.29 is 9.59 Å². The van der Waals surface area contributed by atoms with Crippen molar-refractivity contribution in [3.63, 3.8) is 0 Å². The molecule has 96 valence electrons. The van der Waals surface area contributed by atoms with Crippen LogP contribution in [0.3, 0.4) is 0 Å². The number of carbonyl (C=O) groups is 2. The summed E-state index contributed by atoms with van der Waals surface area (Å²) in [7, 11) is 0. The molecule has 0 bridgehead atoms. The molecule has 1 aliphatic rings. The molecule has 18 heavy (non-hydrogen) atoms. The quantitative estimate of drug-likeness (QED) is 0.852. The van der Waals surface area contributed by atoms with E-state index in [2.05, 4.69) is 15.3 Å². The monoisotopic (exact) mass is 288 g/mol. The Labute approximate surface area is 113 Å². The van der Waals surface area contributed by atoms with Crippen LogP contribution in [-0.4, -0.2) is 39.8 Å². The molecule has 2 amide bonds. The third-order valence-electron chi connectivity index (χ3n) is 2.53. The number of amides is 2. The molecule has 6 nitrogen and oxygen atoms in total. The molecule has 0 spiro atoms. The Morgan fingerprint density at radius 2 is 2.06 bits per heavy atom. The van der Waals surface area contributed by atoms with Crippen LogP contribution < -0.4 is 5.32 Å². The van der Waals surface area contributed by atoms with E-state index in [9.17, 15) is 9.59 Å². The smallest absolute Gasteiger partial charge is 0.244 e. The van der Waals surface area contributed by atoms with Gasteiger partial charge in [0.15, 0.2) is 10.3 Å². The molecule has 2 heterocycles. The Morgan fingerprint density at radius 3 is 2.61 bits per heavy atom. The summed E-state index contributed by atoms with van der Waals surface area (Å²) in [6.45, 7) is 0.583. The van der Waals surface area contributed by atoms with E-state index in [1.165, 1.54) is 11.2 Å². The molecule has 2 rings (SSSR count). The fraction of sp³-hybridized carbons (Fsp3) is 0.400. The first kappa shape index (κ1) is 13.0. The fourth-order valence-corrected chi connectivity index (χ4v) is 2.08. The lowest BCUT2D eigenvalue weighted by atomic mass is 10.4. The zero-order valence-electron chi connectivity index (χ0n) is 9.32. The standard InChI is InChI=1S/C10H10Cl2N4O2/c11-9-8(10(12)14-5-13-9)15-6(17)4-16-3-1-2-7(16)18/h5H,1-4H2,(H,15,17). The minimum absolute atomic E-state index is 0.0135. The van der Waals surface area contributed by atoms with Crippen LogP contribution >= 0.6 is 23.2 Å². The molecule has 1 fully saturated rings. The maximum absolute atomic E-state index is 11.7. The summed E-state index contributed by atoms with van der Waals surface area (Å²) in [5, 5.41) is 2.64. The van der Waals surface area contributed by atoms with Crippen LogP contribution in [0.25, 0.3) is 0 Å². The van der Waals surface area contributed by atoms with E-state index in [1.807, 2.05) is 0 Å². The van der Waals surface area contributed by atoms with E-state index in [1.54, 1.807) is 0 Å². The number of nitrogens with one attached hydrogen (secondary N) is 1. The highest BCUT2D eigenvalue weighted by Crippen LogP contribution is 2.25. The van der Waals surface area contributed by atoms with Gasteiger partial charge in [0, 0.05) is 13.0 Å². The average Bonchev–Trinajstić information content (AvgIpc) is 2.70. The van der Waals surface area contributed by atoms with E-state index >= 15 is 0 Å². The summed E-state index contributed by atoms with van der Waals surface area (Å²) < 4.78 is 0. The Morgan fingerprint density at radius 1 is 1.39 bits per heavy atom. The predicted molar refractivity (Wildman–Crippen MR) is 66.5 cm³/mol. The number of nitrogens with zero attached hydrogens (tertiary/aromatic N) is 3. The average molecular weight is 289 g/mol. The highest BCUT2D eigenvalue weighted by atomic mass is 35.5.